The van der Waals surface area contributed by atoms with E-state index in [9.17, 15) is 4.79 Å². The average Bonchev–Trinajstić information content (AvgIpc) is 2.99. The molecular weight excluding hydrogens is 512 g/mol. The molecule has 0 aromatic heterocycles. The van der Waals surface area contributed by atoms with Gasteiger partial charge in [0.1, 0.15) is 11.7 Å². The standard InChI is InChI=1S/C40H72O2/c1-3-5-7-9-11-13-15-17-19-21-23-25-27-29-31-33-35-37-39-38(40(41)42-39)36-34-32-30-28-26-24-22-20-18-16-14-12-10-8-6-4-2/h33-38H,3-32H2,1-2H3/b35-33+,36-34+,39-37+. The van der Waals surface area contributed by atoms with Crippen molar-refractivity contribution in [3.63, 3.8) is 0 Å². The third kappa shape index (κ3) is 24.2. The van der Waals surface area contributed by atoms with Crippen molar-refractivity contribution in [1.29, 1.82) is 0 Å². The van der Waals surface area contributed by atoms with Gasteiger partial charge in [-0.2, -0.15) is 0 Å². The summed E-state index contributed by atoms with van der Waals surface area (Å²) in [6.45, 7) is 4.58. The smallest absolute Gasteiger partial charge is 0.325 e. The Morgan fingerprint density at radius 3 is 1.17 bits per heavy atom. The zero-order chi connectivity index (χ0) is 30.2. The summed E-state index contributed by atoms with van der Waals surface area (Å²) in [4.78, 5) is 11.9. The van der Waals surface area contributed by atoms with Crippen molar-refractivity contribution >= 4 is 5.97 Å². The number of carbonyl (C=O) groups is 1. The number of cyclic esters (lactones) is 1. The van der Waals surface area contributed by atoms with Gasteiger partial charge in [-0.25, -0.2) is 0 Å². The Morgan fingerprint density at radius 2 is 0.810 bits per heavy atom. The van der Waals surface area contributed by atoms with Crippen LogP contribution in [0.5, 0.6) is 0 Å². The van der Waals surface area contributed by atoms with Crippen LogP contribution in [0.1, 0.15) is 206 Å². The Morgan fingerprint density at radius 1 is 0.476 bits per heavy atom. The maximum absolute atomic E-state index is 11.9. The molecule has 1 rings (SSSR count). The number of hydrogen-bond donors (Lipinski definition) is 0. The monoisotopic (exact) mass is 585 g/mol. The highest BCUT2D eigenvalue weighted by Gasteiger charge is 2.34. The van der Waals surface area contributed by atoms with Crippen LogP contribution in [0.15, 0.2) is 36.1 Å². The Labute approximate surface area is 263 Å². The third-order valence-electron chi connectivity index (χ3n) is 8.95. The molecule has 0 N–H and O–H groups in total. The zero-order valence-electron chi connectivity index (χ0n) is 28.5. The van der Waals surface area contributed by atoms with Crippen LogP contribution in [-0.2, 0) is 9.53 Å². The predicted molar refractivity (Wildman–Crippen MR) is 186 cm³/mol. The van der Waals surface area contributed by atoms with E-state index in [0.717, 1.165) is 18.6 Å². The van der Waals surface area contributed by atoms with Crippen molar-refractivity contribution in [2.75, 3.05) is 0 Å². The normalized spacial score (nSPS) is 16.2. The maximum Gasteiger partial charge on any atom is 0.325 e. The highest BCUT2D eigenvalue weighted by molar-refractivity contribution is 5.85. The minimum atomic E-state index is -0.151. The predicted octanol–water partition coefficient (Wildman–Crippen LogP) is 13.9. The second-order valence-corrected chi connectivity index (χ2v) is 13.1. The molecule has 0 aromatic carbocycles. The Bertz CT molecular complexity index is 673. The van der Waals surface area contributed by atoms with Crippen molar-refractivity contribution in [2.24, 2.45) is 5.92 Å². The minimum Gasteiger partial charge on any atom is -0.429 e. The summed E-state index contributed by atoms with van der Waals surface area (Å²) in [6, 6.07) is 0. The molecule has 0 aromatic rings. The van der Waals surface area contributed by atoms with E-state index in [-0.39, 0.29) is 11.9 Å². The lowest BCUT2D eigenvalue weighted by Gasteiger charge is -2.24. The molecular formula is C40H72O2. The van der Waals surface area contributed by atoms with Crippen LogP contribution in [0.3, 0.4) is 0 Å². The van der Waals surface area contributed by atoms with Gasteiger partial charge >= 0.3 is 5.97 Å². The average molecular weight is 585 g/mol. The molecule has 0 radical (unpaired) electrons. The van der Waals surface area contributed by atoms with E-state index in [1.54, 1.807) is 0 Å². The summed E-state index contributed by atoms with van der Waals surface area (Å²) in [6.07, 6.45) is 51.9. The molecule has 0 amide bonds. The molecule has 0 spiro atoms. The fourth-order valence-corrected chi connectivity index (χ4v) is 6.02. The van der Waals surface area contributed by atoms with E-state index in [2.05, 4.69) is 38.2 Å². The van der Waals surface area contributed by atoms with E-state index < -0.39 is 0 Å². The van der Waals surface area contributed by atoms with Crippen molar-refractivity contribution in [3.8, 4) is 0 Å². The number of esters is 1. The first-order valence-electron chi connectivity index (χ1n) is 19.0. The first kappa shape index (κ1) is 38.7. The summed E-state index contributed by atoms with van der Waals surface area (Å²) in [5.74, 6) is 0.565. The molecule has 1 aliphatic rings. The lowest BCUT2D eigenvalue weighted by Crippen LogP contribution is -2.30. The molecule has 1 fully saturated rings. The van der Waals surface area contributed by atoms with E-state index in [1.165, 1.54) is 180 Å². The fraction of sp³-hybridized carbons (Fsp3) is 0.825. The fourth-order valence-electron chi connectivity index (χ4n) is 6.02. The highest BCUT2D eigenvalue weighted by Crippen LogP contribution is 2.28. The Hall–Kier alpha value is -1.31. The first-order chi connectivity index (χ1) is 20.8. The van der Waals surface area contributed by atoms with Crippen LogP contribution < -0.4 is 0 Å². The number of ether oxygens (including phenoxy) is 1. The number of carbonyl (C=O) groups excluding carboxylic acids is 1. The molecule has 0 saturated carbocycles. The van der Waals surface area contributed by atoms with E-state index in [1.807, 2.05) is 6.08 Å². The minimum absolute atomic E-state index is 0.0983. The van der Waals surface area contributed by atoms with E-state index in [0.29, 0.717) is 0 Å². The maximum atomic E-state index is 11.9. The summed E-state index contributed by atoms with van der Waals surface area (Å²) >= 11 is 0. The van der Waals surface area contributed by atoms with Crippen LogP contribution in [-0.4, -0.2) is 5.97 Å². The van der Waals surface area contributed by atoms with Gasteiger partial charge in [0.25, 0.3) is 0 Å². The van der Waals surface area contributed by atoms with Gasteiger partial charge < -0.3 is 4.74 Å². The second-order valence-electron chi connectivity index (χ2n) is 13.1. The van der Waals surface area contributed by atoms with Gasteiger partial charge in [0.05, 0.1) is 0 Å². The van der Waals surface area contributed by atoms with E-state index >= 15 is 0 Å². The van der Waals surface area contributed by atoms with Crippen LogP contribution in [0, 0.1) is 5.92 Å². The first-order valence-corrected chi connectivity index (χ1v) is 19.0. The lowest BCUT2D eigenvalue weighted by molar-refractivity contribution is -0.154. The molecule has 1 saturated heterocycles. The molecule has 42 heavy (non-hydrogen) atoms. The quantitative estimate of drug-likeness (QED) is 0.0446. The third-order valence-corrected chi connectivity index (χ3v) is 8.95. The summed E-state index contributed by atoms with van der Waals surface area (Å²) in [7, 11) is 0. The van der Waals surface area contributed by atoms with Gasteiger partial charge in [0.15, 0.2) is 0 Å². The van der Waals surface area contributed by atoms with Crippen LogP contribution in [0.2, 0.25) is 0 Å². The van der Waals surface area contributed by atoms with Crippen molar-refractivity contribution < 1.29 is 9.53 Å². The molecule has 2 heteroatoms. The second kappa shape index (κ2) is 31.1. The van der Waals surface area contributed by atoms with Crippen LogP contribution >= 0.6 is 0 Å². The topological polar surface area (TPSA) is 26.3 Å². The Balaban J connectivity index is 1.90. The van der Waals surface area contributed by atoms with Gasteiger partial charge in [0, 0.05) is 0 Å². The number of allylic oxidation sites excluding steroid dienone is 4. The number of rotatable bonds is 32. The molecule has 244 valence electrons. The van der Waals surface area contributed by atoms with Crippen molar-refractivity contribution in [2.45, 2.75) is 206 Å². The zero-order valence-corrected chi connectivity index (χ0v) is 28.5. The highest BCUT2D eigenvalue weighted by atomic mass is 16.6. The largest absolute Gasteiger partial charge is 0.429 e. The SMILES string of the molecule is CCCCCCCCCCCCCCCC/C=C/C=C1/OC(=O)C1/C=C/CCCCCCCCCCCCCCCC. The van der Waals surface area contributed by atoms with Gasteiger partial charge in [-0.3, -0.25) is 4.79 Å². The molecule has 1 aliphatic heterocycles. The molecule has 1 atom stereocenters. The van der Waals surface area contributed by atoms with Gasteiger partial charge in [0.2, 0.25) is 0 Å². The van der Waals surface area contributed by atoms with Crippen LogP contribution in [0.25, 0.3) is 0 Å². The van der Waals surface area contributed by atoms with Gasteiger partial charge in [-0.1, -0.05) is 205 Å². The summed E-state index contributed by atoms with van der Waals surface area (Å²) in [5.41, 5.74) is 0. The summed E-state index contributed by atoms with van der Waals surface area (Å²) < 4.78 is 5.28. The Kier molecular flexibility index (Phi) is 28.7. The summed E-state index contributed by atoms with van der Waals surface area (Å²) in [5, 5.41) is 0. The molecule has 1 heterocycles. The van der Waals surface area contributed by atoms with Crippen molar-refractivity contribution in [3.05, 3.63) is 36.1 Å². The number of unbranched alkanes of at least 4 members (excludes halogenated alkanes) is 28. The van der Waals surface area contributed by atoms with E-state index in [4.69, 9.17) is 4.74 Å². The molecule has 0 aliphatic carbocycles. The van der Waals surface area contributed by atoms with Crippen LogP contribution in [0.4, 0.5) is 0 Å². The molecule has 2 nitrogen and oxygen atoms in total. The molecule has 0 bridgehead atoms. The number of hydrogen-bond acceptors (Lipinski definition) is 2. The van der Waals surface area contributed by atoms with Gasteiger partial charge in [-0.15, -0.1) is 0 Å². The molecule has 1 unspecified atom stereocenters. The van der Waals surface area contributed by atoms with Crippen molar-refractivity contribution in [1.82, 2.24) is 0 Å². The van der Waals surface area contributed by atoms with Gasteiger partial charge in [-0.05, 0) is 31.8 Å². The lowest BCUT2D eigenvalue weighted by atomic mass is 10.00.